The molecule has 0 spiro atoms. The van der Waals surface area contributed by atoms with Gasteiger partial charge in [0.15, 0.2) is 0 Å². The summed E-state index contributed by atoms with van der Waals surface area (Å²) in [6, 6.07) is 13.4. The molecule has 0 aliphatic carbocycles. The van der Waals surface area contributed by atoms with Gasteiger partial charge in [-0.1, -0.05) is 46.8 Å². The van der Waals surface area contributed by atoms with Gasteiger partial charge in [0.1, 0.15) is 0 Å². The molecule has 2 aromatic carbocycles. The third-order valence-electron chi connectivity index (χ3n) is 3.42. The fraction of sp³-hybridized carbons (Fsp3) is 0.0625. The van der Waals surface area contributed by atoms with E-state index in [2.05, 4.69) is 22.5 Å². The lowest BCUT2D eigenvalue weighted by Crippen LogP contribution is -2.22. The number of amides is 1. The Bertz CT molecular complexity index is 671. The van der Waals surface area contributed by atoms with Crippen molar-refractivity contribution in [2.75, 3.05) is 4.90 Å². The van der Waals surface area contributed by atoms with E-state index in [1.165, 1.54) is 0 Å². The molecule has 3 heteroatoms. The molecule has 3 rings (SSSR count). The summed E-state index contributed by atoms with van der Waals surface area (Å²) in [7, 11) is 0. The second-order valence-corrected chi connectivity index (χ2v) is 5.37. The first-order valence-corrected chi connectivity index (χ1v) is 6.78. The summed E-state index contributed by atoms with van der Waals surface area (Å²) in [4.78, 5) is 14.2. The summed E-state index contributed by atoms with van der Waals surface area (Å²) >= 11 is 3.50. The van der Waals surface area contributed by atoms with E-state index in [0.717, 1.165) is 27.0 Å². The minimum atomic E-state index is -0.0122. The summed E-state index contributed by atoms with van der Waals surface area (Å²) in [5, 5.41) is 0. The van der Waals surface area contributed by atoms with Crippen LogP contribution in [0.15, 0.2) is 53.5 Å². The van der Waals surface area contributed by atoms with Crippen molar-refractivity contribution in [3.63, 3.8) is 0 Å². The molecule has 0 unspecified atom stereocenters. The van der Waals surface area contributed by atoms with Gasteiger partial charge in [0, 0.05) is 15.6 Å². The van der Waals surface area contributed by atoms with E-state index < -0.39 is 0 Å². The summed E-state index contributed by atoms with van der Waals surface area (Å²) in [6.07, 6.45) is 0. The highest BCUT2D eigenvalue weighted by molar-refractivity contribution is 9.10. The third kappa shape index (κ3) is 1.73. The largest absolute Gasteiger partial charge is 0.277 e. The van der Waals surface area contributed by atoms with Crippen molar-refractivity contribution >= 4 is 33.2 Å². The second-order valence-electron chi connectivity index (χ2n) is 4.52. The fourth-order valence-corrected chi connectivity index (χ4v) is 2.73. The fourth-order valence-electron chi connectivity index (χ4n) is 2.38. The maximum atomic E-state index is 12.5. The first kappa shape index (κ1) is 12.2. The van der Waals surface area contributed by atoms with Crippen LogP contribution >= 0.6 is 15.9 Å². The minimum Gasteiger partial charge on any atom is -0.277 e. The van der Waals surface area contributed by atoms with E-state index in [4.69, 9.17) is 0 Å². The van der Waals surface area contributed by atoms with Crippen molar-refractivity contribution in [3.8, 4) is 0 Å². The minimum absolute atomic E-state index is 0.0122. The number of anilines is 1. The highest BCUT2D eigenvalue weighted by Crippen LogP contribution is 2.38. The van der Waals surface area contributed by atoms with Crippen molar-refractivity contribution in [2.24, 2.45) is 0 Å². The Hall–Kier alpha value is -1.87. The van der Waals surface area contributed by atoms with Crippen molar-refractivity contribution < 1.29 is 4.79 Å². The van der Waals surface area contributed by atoms with E-state index in [1.807, 2.05) is 49.4 Å². The number of carbonyl (C=O) groups excluding carboxylic acids is 1. The van der Waals surface area contributed by atoms with Crippen molar-refractivity contribution in [1.82, 2.24) is 0 Å². The molecular formula is C16H12BrNO. The van der Waals surface area contributed by atoms with Crippen LogP contribution in [-0.4, -0.2) is 5.91 Å². The van der Waals surface area contributed by atoms with E-state index >= 15 is 0 Å². The van der Waals surface area contributed by atoms with Crippen LogP contribution in [0.3, 0.4) is 0 Å². The molecule has 1 heterocycles. The molecule has 1 aliphatic heterocycles. The first-order valence-electron chi connectivity index (χ1n) is 5.99. The Morgan fingerprint density at radius 2 is 1.74 bits per heavy atom. The predicted octanol–water partition coefficient (Wildman–Crippen LogP) is 4.39. The van der Waals surface area contributed by atoms with E-state index in [-0.39, 0.29) is 5.91 Å². The molecule has 0 saturated carbocycles. The number of rotatable bonds is 1. The Balaban J connectivity index is 2.17. The molecule has 1 aliphatic rings. The molecule has 94 valence electrons. The Kier molecular flexibility index (Phi) is 2.79. The number of hydrogen-bond donors (Lipinski definition) is 0. The van der Waals surface area contributed by atoms with Gasteiger partial charge in [0.05, 0.1) is 11.4 Å². The first-order chi connectivity index (χ1) is 9.11. The summed E-state index contributed by atoms with van der Waals surface area (Å²) in [5.74, 6) is -0.0122. The maximum absolute atomic E-state index is 12.5. The summed E-state index contributed by atoms with van der Waals surface area (Å²) < 4.78 is 0.988. The molecule has 0 saturated heterocycles. The number of fused-ring (bicyclic) bond motifs is 1. The second kappa shape index (κ2) is 4.35. The van der Waals surface area contributed by atoms with Crippen LogP contribution in [0.2, 0.25) is 0 Å². The lowest BCUT2D eigenvalue weighted by Gasteiger charge is -2.20. The standard InChI is InChI=1S/C16H12BrNO/c1-10-14(17)8-5-9-15(10)18-11(2)12-6-3-4-7-13(12)16(18)19/h3-9H,2H2,1H3. The zero-order chi connectivity index (χ0) is 13.6. The smallest absolute Gasteiger partial charge is 0.263 e. The number of halogens is 1. The predicted molar refractivity (Wildman–Crippen MR) is 81.2 cm³/mol. The van der Waals surface area contributed by atoms with Crippen LogP contribution in [0.5, 0.6) is 0 Å². The monoisotopic (exact) mass is 313 g/mol. The molecular weight excluding hydrogens is 302 g/mol. The Morgan fingerprint density at radius 1 is 1.05 bits per heavy atom. The Morgan fingerprint density at radius 3 is 2.42 bits per heavy atom. The molecule has 0 radical (unpaired) electrons. The van der Waals surface area contributed by atoms with Crippen LogP contribution in [0.1, 0.15) is 21.5 Å². The van der Waals surface area contributed by atoms with Crippen LogP contribution in [0.4, 0.5) is 5.69 Å². The van der Waals surface area contributed by atoms with Gasteiger partial charge in [-0.15, -0.1) is 0 Å². The van der Waals surface area contributed by atoms with Crippen LogP contribution in [0, 0.1) is 6.92 Å². The molecule has 2 aromatic rings. The molecule has 1 amide bonds. The molecule has 0 bridgehead atoms. The average Bonchev–Trinajstić information content (AvgIpc) is 2.67. The zero-order valence-corrected chi connectivity index (χ0v) is 12.1. The maximum Gasteiger partial charge on any atom is 0.263 e. The van der Waals surface area contributed by atoms with Gasteiger partial charge in [-0.25, -0.2) is 0 Å². The summed E-state index contributed by atoms with van der Waals surface area (Å²) in [5.41, 5.74) is 4.27. The zero-order valence-electron chi connectivity index (χ0n) is 10.5. The molecule has 2 nitrogen and oxygen atoms in total. The van der Waals surface area contributed by atoms with Gasteiger partial charge < -0.3 is 0 Å². The van der Waals surface area contributed by atoms with Crippen LogP contribution in [-0.2, 0) is 0 Å². The normalized spacial score (nSPS) is 13.9. The number of carbonyl (C=O) groups is 1. The molecule has 0 N–H and O–H groups in total. The third-order valence-corrected chi connectivity index (χ3v) is 4.28. The van der Waals surface area contributed by atoms with E-state index in [0.29, 0.717) is 5.56 Å². The van der Waals surface area contributed by atoms with Gasteiger partial charge in [-0.05, 0) is 30.7 Å². The number of benzene rings is 2. The van der Waals surface area contributed by atoms with Crippen LogP contribution in [0.25, 0.3) is 5.70 Å². The lowest BCUT2D eigenvalue weighted by molar-refractivity contribution is 0.101. The van der Waals surface area contributed by atoms with Crippen LogP contribution < -0.4 is 4.90 Å². The SMILES string of the molecule is C=C1c2ccccc2C(=O)N1c1cccc(Br)c1C. The van der Waals surface area contributed by atoms with E-state index in [9.17, 15) is 4.79 Å². The summed E-state index contributed by atoms with van der Waals surface area (Å²) in [6.45, 7) is 6.05. The van der Waals surface area contributed by atoms with Crippen molar-refractivity contribution in [3.05, 3.63) is 70.2 Å². The van der Waals surface area contributed by atoms with Crippen molar-refractivity contribution in [2.45, 2.75) is 6.92 Å². The van der Waals surface area contributed by atoms with Gasteiger partial charge in [-0.2, -0.15) is 0 Å². The highest BCUT2D eigenvalue weighted by Gasteiger charge is 2.32. The van der Waals surface area contributed by atoms with Gasteiger partial charge in [0.25, 0.3) is 5.91 Å². The average molecular weight is 314 g/mol. The Labute approximate surface area is 120 Å². The molecule has 0 aromatic heterocycles. The highest BCUT2D eigenvalue weighted by atomic mass is 79.9. The number of nitrogens with zero attached hydrogens (tertiary/aromatic N) is 1. The quantitative estimate of drug-likeness (QED) is 0.764. The topological polar surface area (TPSA) is 20.3 Å². The van der Waals surface area contributed by atoms with Gasteiger partial charge in [-0.3, -0.25) is 9.69 Å². The lowest BCUT2D eigenvalue weighted by atomic mass is 10.1. The number of hydrogen-bond acceptors (Lipinski definition) is 1. The molecule has 0 fully saturated rings. The van der Waals surface area contributed by atoms with E-state index in [1.54, 1.807) is 4.90 Å². The van der Waals surface area contributed by atoms with Gasteiger partial charge >= 0.3 is 0 Å². The molecule has 19 heavy (non-hydrogen) atoms. The van der Waals surface area contributed by atoms with Crippen molar-refractivity contribution in [1.29, 1.82) is 0 Å². The molecule has 0 atom stereocenters. The van der Waals surface area contributed by atoms with Gasteiger partial charge in [0.2, 0.25) is 0 Å².